The van der Waals surface area contributed by atoms with Crippen LogP contribution in [-0.2, 0) is 33.6 Å². The van der Waals surface area contributed by atoms with Crippen LogP contribution in [0.25, 0.3) is 0 Å². The number of carboxylic acid groups (broad SMARTS) is 2. The zero-order valence-corrected chi connectivity index (χ0v) is 31.8. The summed E-state index contributed by atoms with van der Waals surface area (Å²) >= 11 is 0. The molecule has 0 aromatic rings. The first-order valence-corrected chi connectivity index (χ1v) is 16.9. The van der Waals surface area contributed by atoms with Gasteiger partial charge in [-0.05, 0) is 31.1 Å². The lowest BCUT2D eigenvalue weighted by Crippen LogP contribution is -2.59. The third kappa shape index (κ3) is 20.7. The van der Waals surface area contributed by atoms with E-state index in [-0.39, 0.29) is 37.7 Å². The minimum Gasteiger partial charge on any atom is -0.480 e. The zero-order chi connectivity index (χ0) is 44.2. The molecule has 5 amide bonds. The van der Waals surface area contributed by atoms with Crippen molar-refractivity contribution < 1.29 is 82.5 Å². The highest BCUT2D eigenvalue weighted by Gasteiger charge is 2.39. The first kappa shape index (κ1) is 53.3. The van der Waals surface area contributed by atoms with Crippen molar-refractivity contribution >= 4 is 47.4 Å². The summed E-state index contributed by atoms with van der Waals surface area (Å²) in [6, 6.07) is -3.71. The van der Waals surface area contributed by atoms with E-state index in [4.69, 9.17) is 31.6 Å². The maximum atomic E-state index is 13.5. The van der Waals surface area contributed by atoms with E-state index in [0.29, 0.717) is 0 Å². The second-order valence-corrected chi connectivity index (χ2v) is 13.3. The van der Waals surface area contributed by atoms with Crippen molar-refractivity contribution in [3.05, 3.63) is 0 Å². The standard InChI is InChI=1S/C29H54N8O12.C2HF3O2/c1-14(2)10-17(34-25(46)21(15(3)4)35-26(47)24(45)23(44)22(43)18(39)13-38)28(49)36(5)11-19(40)33-16(8-7-9-32-29(30)31)27(48)37(6)12-20(41)42;3-2(4,5)1(6)7/h14-18,21-24,38-39,43-45H,7-13H2,1-6H3,(H,33,40)(H,34,46)(H,35,47)(H,41,42)(H4,30,31,32);(H,6,7)/t16-,17-,18+,21-,22+,23-,24+;/m0./s1. The van der Waals surface area contributed by atoms with Crippen molar-refractivity contribution in [2.75, 3.05) is 40.3 Å². The number of carbonyl (C=O) groups excluding carboxylic acids is 5. The van der Waals surface area contributed by atoms with Gasteiger partial charge < -0.3 is 73.0 Å². The second-order valence-electron chi connectivity index (χ2n) is 13.3. The number of halogens is 3. The van der Waals surface area contributed by atoms with E-state index >= 15 is 0 Å². The lowest BCUT2D eigenvalue weighted by Gasteiger charge is -2.30. The number of nitrogens with zero attached hydrogens (tertiary/aromatic N) is 3. The molecule has 25 heteroatoms. The smallest absolute Gasteiger partial charge is 0.480 e. The molecule has 0 aliphatic rings. The van der Waals surface area contributed by atoms with Gasteiger partial charge in [-0.15, -0.1) is 0 Å². The fourth-order valence-electron chi connectivity index (χ4n) is 4.51. The van der Waals surface area contributed by atoms with Crippen molar-refractivity contribution in [3.8, 4) is 0 Å². The number of carboxylic acids is 2. The molecule has 7 atom stereocenters. The number of guanidine groups is 1. The summed E-state index contributed by atoms with van der Waals surface area (Å²) in [6.07, 6.45) is -13.1. The molecule has 0 unspecified atom stereocenters. The highest BCUT2D eigenvalue weighted by molar-refractivity contribution is 5.95. The van der Waals surface area contributed by atoms with Gasteiger partial charge in [-0.1, -0.05) is 27.7 Å². The third-order valence-corrected chi connectivity index (χ3v) is 7.42. The number of carbonyl (C=O) groups is 7. The molecule has 0 saturated heterocycles. The highest BCUT2D eigenvalue weighted by Crippen LogP contribution is 2.14. The van der Waals surface area contributed by atoms with Gasteiger partial charge in [0, 0.05) is 20.6 Å². The topological polar surface area (TPSA) is 368 Å². The molecule has 0 aromatic heterocycles. The largest absolute Gasteiger partial charge is 0.490 e. The molecule has 0 aliphatic heterocycles. The number of rotatable bonds is 22. The predicted octanol–water partition coefficient (Wildman–Crippen LogP) is -4.73. The molecular formula is C31H55F3N8O14. The minimum atomic E-state index is -5.08. The minimum absolute atomic E-state index is 0.0457. The Morgan fingerprint density at radius 2 is 1.27 bits per heavy atom. The van der Waals surface area contributed by atoms with Gasteiger partial charge in [0.1, 0.15) is 43.0 Å². The predicted molar refractivity (Wildman–Crippen MR) is 188 cm³/mol. The Balaban J connectivity index is 0. The van der Waals surface area contributed by atoms with Crippen molar-refractivity contribution in [1.82, 2.24) is 25.8 Å². The van der Waals surface area contributed by atoms with Gasteiger partial charge in [0.25, 0.3) is 5.91 Å². The Labute approximate surface area is 320 Å². The molecule has 0 radical (unpaired) electrons. The van der Waals surface area contributed by atoms with Crippen LogP contribution in [0.1, 0.15) is 47.0 Å². The van der Waals surface area contributed by atoms with Gasteiger partial charge in [0.2, 0.25) is 23.6 Å². The molecule has 0 rings (SSSR count). The van der Waals surface area contributed by atoms with Crippen LogP contribution in [0.2, 0.25) is 0 Å². The molecule has 0 saturated carbocycles. The number of hydrogen-bond acceptors (Lipinski definition) is 13. The average molecular weight is 821 g/mol. The average Bonchev–Trinajstić information content (AvgIpc) is 3.08. The van der Waals surface area contributed by atoms with Crippen LogP contribution in [0.5, 0.6) is 0 Å². The summed E-state index contributed by atoms with van der Waals surface area (Å²) in [5.41, 5.74) is 10.6. The van der Waals surface area contributed by atoms with E-state index in [1.54, 1.807) is 27.7 Å². The number of nitrogens with one attached hydrogen (secondary N) is 3. The SMILES string of the molecule is CC(C)C[C@H](NC(=O)[C@@H](NC(=O)[C@H](O)[C@@H](O)[C@H](O)[C@H](O)CO)C(C)C)C(=O)N(C)CC(=O)N[C@@H](CCCN=C(N)N)C(=O)N(C)CC(=O)O.O=C(O)C(F)(F)F. The molecule has 0 aromatic carbocycles. The van der Waals surface area contributed by atoms with E-state index in [9.17, 15) is 62.4 Å². The molecule has 0 spiro atoms. The number of aliphatic hydroxyl groups is 5. The second kappa shape index (κ2) is 25.3. The number of nitrogens with two attached hydrogens (primary N) is 2. The highest BCUT2D eigenvalue weighted by atomic mass is 19.4. The molecule has 14 N–H and O–H groups in total. The van der Waals surface area contributed by atoms with Crippen LogP contribution in [0.3, 0.4) is 0 Å². The van der Waals surface area contributed by atoms with E-state index in [1.807, 2.05) is 0 Å². The number of aliphatic imine (C=N–C) groups is 1. The number of aliphatic hydroxyl groups excluding tert-OH is 5. The Hall–Kier alpha value is -4.85. The van der Waals surface area contributed by atoms with Crippen LogP contribution >= 0.6 is 0 Å². The van der Waals surface area contributed by atoms with Gasteiger partial charge in [-0.3, -0.25) is 33.8 Å². The first-order valence-electron chi connectivity index (χ1n) is 16.9. The first-order chi connectivity index (χ1) is 25.6. The van der Waals surface area contributed by atoms with Gasteiger partial charge in [0.05, 0.1) is 13.2 Å². The summed E-state index contributed by atoms with van der Waals surface area (Å²) in [4.78, 5) is 91.1. The van der Waals surface area contributed by atoms with Crippen molar-refractivity contribution in [2.45, 2.75) is 95.7 Å². The van der Waals surface area contributed by atoms with E-state index < -0.39 is 116 Å². The maximum Gasteiger partial charge on any atom is 0.490 e. The number of alkyl halides is 3. The van der Waals surface area contributed by atoms with Gasteiger partial charge >= 0.3 is 18.1 Å². The zero-order valence-electron chi connectivity index (χ0n) is 31.8. The lowest BCUT2D eigenvalue weighted by atomic mass is 9.98. The summed E-state index contributed by atoms with van der Waals surface area (Å²) in [5.74, 6) is -9.22. The summed E-state index contributed by atoms with van der Waals surface area (Å²) in [6.45, 7) is 4.64. The quantitative estimate of drug-likeness (QED) is 0.0277. The fourth-order valence-corrected chi connectivity index (χ4v) is 4.51. The van der Waals surface area contributed by atoms with Crippen molar-refractivity contribution in [1.29, 1.82) is 0 Å². The van der Waals surface area contributed by atoms with Crippen LogP contribution < -0.4 is 27.4 Å². The monoisotopic (exact) mass is 820 g/mol. The summed E-state index contributed by atoms with van der Waals surface area (Å²) < 4.78 is 31.7. The number of likely N-dealkylation sites (N-methyl/N-ethyl adjacent to an activating group) is 2. The Kier molecular flexibility index (Phi) is 24.1. The normalized spacial score (nSPS) is 15.0. The number of aliphatic carboxylic acids is 2. The third-order valence-electron chi connectivity index (χ3n) is 7.42. The summed E-state index contributed by atoms with van der Waals surface area (Å²) in [5, 5.41) is 72.0. The van der Waals surface area contributed by atoms with Crippen LogP contribution in [0, 0.1) is 11.8 Å². The van der Waals surface area contributed by atoms with Gasteiger partial charge in [0.15, 0.2) is 12.1 Å². The molecule has 0 aliphatic carbocycles. The molecular weight excluding hydrogens is 765 g/mol. The molecule has 0 fully saturated rings. The lowest BCUT2D eigenvalue weighted by molar-refractivity contribution is -0.192. The van der Waals surface area contributed by atoms with E-state index in [0.717, 1.165) is 9.80 Å². The number of amides is 5. The maximum absolute atomic E-state index is 13.5. The van der Waals surface area contributed by atoms with Gasteiger partial charge in [-0.25, -0.2) is 4.79 Å². The van der Waals surface area contributed by atoms with Crippen LogP contribution in [0.15, 0.2) is 4.99 Å². The molecule has 0 heterocycles. The Morgan fingerprint density at radius 3 is 1.70 bits per heavy atom. The molecule has 56 heavy (non-hydrogen) atoms. The summed E-state index contributed by atoms with van der Waals surface area (Å²) in [7, 11) is 2.54. The molecule has 0 bridgehead atoms. The Bertz CT molecular complexity index is 1350. The van der Waals surface area contributed by atoms with Crippen LogP contribution in [0.4, 0.5) is 13.2 Å². The van der Waals surface area contributed by atoms with Crippen molar-refractivity contribution in [3.63, 3.8) is 0 Å². The molecule has 22 nitrogen and oxygen atoms in total. The van der Waals surface area contributed by atoms with Gasteiger partial charge in [-0.2, -0.15) is 13.2 Å². The molecule has 324 valence electrons. The van der Waals surface area contributed by atoms with E-state index in [2.05, 4.69) is 20.9 Å². The van der Waals surface area contributed by atoms with Crippen LogP contribution in [-0.4, -0.2) is 182 Å². The fraction of sp³-hybridized carbons (Fsp3) is 0.742. The van der Waals surface area contributed by atoms with E-state index in [1.165, 1.54) is 14.1 Å². The number of hydrogen-bond donors (Lipinski definition) is 12. The van der Waals surface area contributed by atoms with Crippen molar-refractivity contribution in [2.24, 2.45) is 28.3 Å². The Morgan fingerprint density at radius 1 is 0.768 bits per heavy atom.